The van der Waals surface area contributed by atoms with E-state index in [1.165, 1.54) is 22.1 Å². The number of carboxylic acid groups (broad SMARTS) is 2. The summed E-state index contributed by atoms with van der Waals surface area (Å²) in [6.07, 6.45) is 6.74. The number of carbonyl (C=O) groups excluding carboxylic acids is 3. The summed E-state index contributed by atoms with van der Waals surface area (Å²) in [4.78, 5) is 37.2. The Labute approximate surface area is 191 Å². The maximum atomic E-state index is 12.7. The van der Waals surface area contributed by atoms with Crippen LogP contribution in [0.5, 0.6) is 0 Å². The molecule has 1 aromatic heterocycles. The molecule has 0 radical (unpaired) electrons. The molecule has 1 aliphatic heterocycles. The van der Waals surface area contributed by atoms with Crippen LogP contribution < -0.4 is 15.5 Å². The number of aromatic nitrogens is 1. The number of fused-ring (bicyclic) bond motifs is 2. The second kappa shape index (κ2) is 10.5. The van der Waals surface area contributed by atoms with Crippen LogP contribution in [0.1, 0.15) is 24.5 Å². The van der Waals surface area contributed by atoms with Gasteiger partial charge in [0.25, 0.3) is 0 Å². The Morgan fingerprint density at radius 2 is 1.97 bits per heavy atom. The highest BCUT2D eigenvalue weighted by Gasteiger charge is 2.35. The fraction of sp³-hybridized carbons (Fsp3) is 0.375. The number of likely N-dealkylation sites (N-methyl/N-ethyl adjacent to an activating group) is 1. The van der Waals surface area contributed by atoms with Crippen LogP contribution in [0.2, 0.25) is 0 Å². The molecule has 0 fully saturated rings. The van der Waals surface area contributed by atoms with Crippen LogP contribution in [0, 0.1) is 5.92 Å². The topological polar surface area (TPSA) is 149 Å². The third-order valence-electron chi connectivity index (χ3n) is 6.02. The minimum atomic E-state index is -1.55. The number of carboxylic acids is 2. The largest absolute Gasteiger partial charge is 0.545 e. The van der Waals surface area contributed by atoms with Gasteiger partial charge in [0, 0.05) is 29.7 Å². The number of aliphatic hydroxyl groups is 1. The number of aromatic amines is 1. The zero-order chi connectivity index (χ0) is 24.1. The van der Waals surface area contributed by atoms with Crippen LogP contribution in [-0.4, -0.2) is 65.1 Å². The van der Waals surface area contributed by atoms with Gasteiger partial charge in [-0.05, 0) is 54.8 Å². The van der Waals surface area contributed by atoms with E-state index in [2.05, 4.69) is 52.7 Å². The molecule has 4 rings (SSSR count). The van der Waals surface area contributed by atoms with Crippen molar-refractivity contribution in [2.45, 2.75) is 31.8 Å². The Kier molecular flexibility index (Phi) is 7.67. The van der Waals surface area contributed by atoms with Gasteiger partial charge in [-0.3, -0.25) is 9.69 Å². The van der Waals surface area contributed by atoms with Gasteiger partial charge in [0.2, 0.25) is 5.91 Å². The zero-order valence-corrected chi connectivity index (χ0v) is 18.5. The molecule has 1 aliphatic carbocycles. The molecule has 3 N–H and O–H groups in total. The maximum absolute atomic E-state index is 12.7. The molecule has 1 aromatic carbocycles. The van der Waals surface area contributed by atoms with E-state index in [0.717, 1.165) is 18.4 Å². The van der Waals surface area contributed by atoms with Crippen molar-refractivity contribution in [3.8, 4) is 0 Å². The Morgan fingerprint density at radius 3 is 2.58 bits per heavy atom. The summed E-state index contributed by atoms with van der Waals surface area (Å²) in [6, 6.07) is 6.49. The quantitative estimate of drug-likeness (QED) is 0.474. The molecule has 3 atom stereocenters. The molecule has 0 unspecified atom stereocenters. The Hall–Kier alpha value is -3.43. The van der Waals surface area contributed by atoms with Crippen molar-refractivity contribution in [3.63, 3.8) is 0 Å². The van der Waals surface area contributed by atoms with E-state index in [9.17, 15) is 29.7 Å². The number of rotatable bonds is 6. The number of aliphatic carboxylic acids is 2. The van der Waals surface area contributed by atoms with Crippen molar-refractivity contribution >= 4 is 34.3 Å². The molecule has 0 saturated heterocycles. The number of hydrogen-bond acceptors (Lipinski definition) is 7. The number of nitrogens with zero attached hydrogens (tertiary/aromatic N) is 1. The Balaban J connectivity index is 0.000000331. The molecule has 0 spiro atoms. The van der Waals surface area contributed by atoms with E-state index >= 15 is 0 Å². The van der Waals surface area contributed by atoms with E-state index in [-0.39, 0.29) is 24.5 Å². The molecule has 2 heterocycles. The van der Waals surface area contributed by atoms with E-state index in [1.54, 1.807) is 0 Å². The lowest BCUT2D eigenvalue weighted by Crippen LogP contribution is -2.48. The first kappa shape index (κ1) is 24.2. The van der Waals surface area contributed by atoms with Gasteiger partial charge in [-0.15, -0.1) is 0 Å². The second-order valence-corrected chi connectivity index (χ2v) is 8.20. The first-order valence-electron chi connectivity index (χ1n) is 10.8. The number of amides is 1. The smallest absolute Gasteiger partial charge is 0.228 e. The predicted molar refractivity (Wildman–Crippen MR) is 118 cm³/mol. The first-order chi connectivity index (χ1) is 15.7. The summed E-state index contributed by atoms with van der Waals surface area (Å²) >= 11 is 0. The van der Waals surface area contributed by atoms with Gasteiger partial charge in [-0.1, -0.05) is 25.1 Å². The van der Waals surface area contributed by atoms with Crippen molar-refractivity contribution in [1.82, 2.24) is 15.2 Å². The van der Waals surface area contributed by atoms with E-state index < -0.39 is 11.9 Å². The standard InChI is InChI=1S/C20H25N3O2.C4H4O4/c1-3-14(11-24)22-20(25)13-7-16-15-5-4-6-17-19(15)12(9-21-17)8-18(16)23(2)10-13;5-3(6)1-2-4(7)8/h4-7,9,13-14,18,21,24H,3,8,10-11H2,1-2H3,(H,22,25);1-2H,(H,5,6)(H,7,8)/p-2/b;2-1-/t13-,14+,18-;/m1./s1. The lowest BCUT2D eigenvalue weighted by atomic mass is 9.80. The fourth-order valence-corrected chi connectivity index (χ4v) is 4.34. The van der Waals surface area contributed by atoms with Crippen LogP contribution in [0.15, 0.2) is 42.6 Å². The molecule has 0 bridgehead atoms. The number of aliphatic hydroxyl groups excluding tert-OH is 1. The van der Waals surface area contributed by atoms with E-state index in [4.69, 9.17) is 0 Å². The normalized spacial score (nSPS) is 20.4. The molecule has 2 aromatic rings. The molecular formula is C24H27N3O6-2. The number of H-pyrrole nitrogens is 1. The van der Waals surface area contributed by atoms with Crippen molar-refractivity contribution in [1.29, 1.82) is 0 Å². The average molecular weight is 453 g/mol. The molecular weight excluding hydrogens is 426 g/mol. The molecule has 2 aliphatic rings. The SMILES string of the molecule is CC[C@@H](CO)NC(=O)[C@@H]1C=C2c3cccc4[nH]cc(c34)C[C@H]2N(C)C1.O=C([O-])/C=C\C(=O)[O-]. The minimum Gasteiger partial charge on any atom is -0.545 e. The van der Waals surface area contributed by atoms with Crippen LogP contribution >= 0.6 is 0 Å². The number of benzene rings is 1. The highest BCUT2D eigenvalue weighted by molar-refractivity contribution is 5.99. The molecule has 0 saturated carbocycles. The summed E-state index contributed by atoms with van der Waals surface area (Å²) in [5, 5.41) is 32.5. The van der Waals surface area contributed by atoms with Crippen LogP contribution in [-0.2, 0) is 20.8 Å². The van der Waals surface area contributed by atoms with Gasteiger partial charge < -0.3 is 35.2 Å². The summed E-state index contributed by atoms with van der Waals surface area (Å²) in [7, 11) is 2.10. The average Bonchev–Trinajstić information content (AvgIpc) is 3.21. The highest BCUT2D eigenvalue weighted by atomic mass is 16.4. The van der Waals surface area contributed by atoms with Gasteiger partial charge in [-0.2, -0.15) is 0 Å². The van der Waals surface area contributed by atoms with E-state index in [1.807, 2.05) is 6.92 Å². The molecule has 9 heteroatoms. The molecule has 1 amide bonds. The van der Waals surface area contributed by atoms with Gasteiger partial charge in [0.05, 0.1) is 30.5 Å². The Bertz CT molecular complexity index is 1080. The lowest BCUT2D eigenvalue weighted by Gasteiger charge is -2.39. The number of hydrogen-bond donors (Lipinski definition) is 3. The van der Waals surface area contributed by atoms with E-state index in [0.29, 0.717) is 24.7 Å². The number of nitrogens with one attached hydrogen (secondary N) is 2. The van der Waals surface area contributed by atoms with Gasteiger partial charge >= 0.3 is 0 Å². The third kappa shape index (κ3) is 5.50. The monoisotopic (exact) mass is 453 g/mol. The van der Waals surface area contributed by atoms with Crippen LogP contribution in [0.3, 0.4) is 0 Å². The fourth-order valence-electron chi connectivity index (χ4n) is 4.34. The highest BCUT2D eigenvalue weighted by Crippen LogP contribution is 2.40. The second-order valence-electron chi connectivity index (χ2n) is 8.20. The summed E-state index contributed by atoms with van der Waals surface area (Å²) < 4.78 is 0. The van der Waals surface area contributed by atoms with Crippen molar-refractivity contribution in [3.05, 3.63) is 53.8 Å². The lowest BCUT2D eigenvalue weighted by molar-refractivity contribution is -0.301. The van der Waals surface area contributed by atoms with Crippen molar-refractivity contribution < 1.29 is 29.7 Å². The third-order valence-corrected chi connectivity index (χ3v) is 6.02. The molecule has 176 valence electrons. The predicted octanol–water partition coefficient (Wildman–Crippen LogP) is -1.03. The zero-order valence-electron chi connectivity index (χ0n) is 18.5. The summed E-state index contributed by atoms with van der Waals surface area (Å²) in [6.45, 7) is 2.66. The van der Waals surface area contributed by atoms with Gasteiger partial charge in [0.15, 0.2) is 0 Å². The maximum Gasteiger partial charge on any atom is 0.228 e. The van der Waals surface area contributed by atoms with Gasteiger partial charge in [-0.25, -0.2) is 0 Å². The van der Waals surface area contributed by atoms with Crippen LogP contribution in [0.4, 0.5) is 0 Å². The van der Waals surface area contributed by atoms with Crippen LogP contribution in [0.25, 0.3) is 16.5 Å². The Morgan fingerprint density at radius 1 is 1.27 bits per heavy atom. The first-order valence-corrected chi connectivity index (χ1v) is 10.8. The molecule has 9 nitrogen and oxygen atoms in total. The minimum absolute atomic E-state index is 0.00532. The number of carbonyl (C=O) groups is 3. The van der Waals surface area contributed by atoms with Crippen molar-refractivity contribution in [2.75, 3.05) is 20.2 Å². The summed E-state index contributed by atoms with van der Waals surface area (Å²) in [5.41, 5.74) is 5.01. The van der Waals surface area contributed by atoms with Gasteiger partial charge in [0.1, 0.15) is 0 Å². The molecule has 33 heavy (non-hydrogen) atoms. The summed E-state index contributed by atoms with van der Waals surface area (Å²) in [5.74, 6) is -3.28. The van der Waals surface area contributed by atoms with Crippen molar-refractivity contribution in [2.24, 2.45) is 5.92 Å².